The number of methoxy groups -OCH3 is 1. The van der Waals surface area contributed by atoms with Crippen LogP contribution in [-0.2, 0) is 4.74 Å². The molecule has 0 saturated carbocycles. The van der Waals surface area contributed by atoms with Gasteiger partial charge in [0.05, 0.1) is 19.1 Å². The quantitative estimate of drug-likeness (QED) is 0.469. The van der Waals surface area contributed by atoms with Crippen LogP contribution in [0.1, 0.15) is 34.6 Å². The Balaban J connectivity index is 3.11. The van der Waals surface area contributed by atoms with Crippen molar-refractivity contribution in [2.75, 3.05) is 13.7 Å². The molecule has 0 fully saturated rings. The maximum Gasteiger partial charge on any atom is 0.341 e. The van der Waals surface area contributed by atoms with E-state index in [2.05, 4.69) is 0 Å². The van der Waals surface area contributed by atoms with E-state index >= 15 is 0 Å². The molecule has 1 aromatic carbocycles. The van der Waals surface area contributed by atoms with Crippen LogP contribution in [0.5, 0.6) is 5.75 Å². The molecule has 1 aromatic rings. The zero-order chi connectivity index (χ0) is 13.7. The van der Waals surface area contributed by atoms with Gasteiger partial charge in [-0.15, -0.1) is 11.6 Å². The van der Waals surface area contributed by atoms with Crippen molar-refractivity contribution in [2.24, 2.45) is 0 Å². The highest BCUT2D eigenvalue weighted by Crippen LogP contribution is 2.22. The van der Waals surface area contributed by atoms with Crippen LogP contribution in [0, 0.1) is 0 Å². The zero-order valence-corrected chi connectivity index (χ0v) is 11.3. The summed E-state index contributed by atoms with van der Waals surface area (Å²) in [6.07, 6.45) is 0. The summed E-state index contributed by atoms with van der Waals surface area (Å²) in [6, 6.07) is 4.53. The first-order valence-electron chi connectivity index (χ1n) is 5.54. The zero-order valence-electron chi connectivity index (χ0n) is 10.5. The molecule has 98 valence electrons. The van der Waals surface area contributed by atoms with Crippen LogP contribution in [0.25, 0.3) is 0 Å². The molecule has 0 N–H and O–H groups in total. The normalized spacial score (nSPS) is 11.8. The fourth-order valence-electron chi connectivity index (χ4n) is 1.45. The number of benzene rings is 1. The van der Waals surface area contributed by atoms with Gasteiger partial charge in [0, 0.05) is 5.56 Å². The molecule has 0 bridgehead atoms. The molecular formula is C13H15ClO4. The first-order chi connectivity index (χ1) is 8.51. The molecule has 1 atom stereocenters. The topological polar surface area (TPSA) is 52.6 Å². The first kappa shape index (κ1) is 14.5. The van der Waals surface area contributed by atoms with Gasteiger partial charge in [-0.25, -0.2) is 4.79 Å². The van der Waals surface area contributed by atoms with Crippen molar-refractivity contribution in [1.29, 1.82) is 0 Å². The smallest absolute Gasteiger partial charge is 0.341 e. The van der Waals surface area contributed by atoms with Gasteiger partial charge in [0.2, 0.25) is 0 Å². The van der Waals surface area contributed by atoms with Crippen molar-refractivity contribution in [3.05, 3.63) is 29.3 Å². The fourth-order valence-corrected chi connectivity index (χ4v) is 1.58. The Morgan fingerprint density at radius 1 is 1.39 bits per heavy atom. The number of carbonyl (C=O) groups excluding carboxylic acids is 2. The summed E-state index contributed by atoms with van der Waals surface area (Å²) in [5.74, 6) is -0.394. The summed E-state index contributed by atoms with van der Waals surface area (Å²) >= 11 is 5.73. The first-order valence-corrected chi connectivity index (χ1v) is 5.98. The maximum atomic E-state index is 11.7. The van der Waals surface area contributed by atoms with E-state index < -0.39 is 11.3 Å². The summed E-state index contributed by atoms with van der Waals surface area (Å²) < 4.78 is 9.98. The molecule has 0 radical (unpaired) electrons. The molecule has 0 heterocycles. The van der Waals surface area contributed by atoms with Crippen LogP contribution in [0.15, 0.2) is 18.2 Å². The molecule has 0 amide bonds. The van der Waals surface area contributed by atoms with E-state index in [4.69, 9.17) is 21.1 Å². The van der Waals surface area contributed by atoms with Gasteiger partial charge in [-0.2, -0.15) is 0 Å². The minimum absolute atomic E-state index is 0.217. The van der Waals surface area contributed by atoms with Crippen molar-refractivity contribution >= 4 is 23.4 Å². The van der Waals surface area contributed by atoms with Gasteiger partial charge in [-0.3, -0.25) is 4.79 Å². The second-order valence-electron chi connectivity index (χ2n) is 3.62. The molecule has 1 unspecified atom stereocenters. The lowest BCUT2D eigenvalue weighted by atomic mass is 10.1. The largest absolute Gasteiger partial charge is 0.496 e. The average molecular weight is 271 g/mol. The molecule has 4 nitrogen and oxygen atoms in total. The minimum Gasteiger partial charge on any atom is -0.496 e. The van der Waals surface area contributed by atoms with E-state index in [1.807, 2.05) is 0 Å². The Morgan fingerprint density at radius 2 is 2.06 bits per heavy atom. The van der Waals surface area contributed by atoms with Crippen LogP contribution in [-0.4, -0.2) is 30.8 Å². The van der Waals surface area contributed by atoms with Crippen molar-refractivity contribution in [2.45, 2.75) is 19.2 Å². The fraction of sp³-hybridized carbons (Fsp3) is 0.385. The third-order valence-electron chi connectivity index (χ3n) is 2.34. The predicted molar refractivity (Wildman–Crippen MR) is 68.6 cm³/mol. The van der Waals surface area contributed by atoms with Gasteiger partial charge in [-0.05, 0) is 26.0 Å². The van der Waals surface area contributed by atoms with Crippen LogP contribution >= 0.6 is 11.6 Å². The van der Waals surface area contributed by atoms with Crippen molar-refractivity contribution in [1.82, 2.24) is 0 Å². The van der Waals surface area contributed by atoms with Crippen LogP contribution in [0.4, 0.5) is 0 Å². The van der Waals surface area contributed by atoms with Gasteiger partial charge in [0.25, 0.3) is 0 Å². The number of Topliss-reactive ketones (excluding diaryl/α,β-unsaturated/α-hetero) is 1. The number of ether oxygens (including phenoxy) is 2. The van der Waals surface area contributed by atoms with Gasteiger partial charge < -0.3 is 9.47 Å². The Kier molecular flexibility index (Phi) is 5.16. The number of alkyl halides is 1. The number of hydrogen-bond donors (Lipinski definition) is 0. The maximum absolute atomic E-state index is 11.7. The molecule has 0 spiro atoms. The summed E-state index contributed by atoms with van der Waals surface area (Å²) in [5.41, 5.74) is 0.695. The van der Waals surface area contributed by atoms with E-state index in [1.54, 1.807) is 13.8 Å². The SMILES string of the molecule is CCOC(=O)c1ccc(C(=O)C(C)Cl)cc1OC. The molecule has 0 aromatic heterocycles. The summed E-state index contributed by atoms with van der Waals surface area (Å²) in [4.78, 5) is 23.3. The second kappa shape index (κ2) is 6.40. The Labute approximate surface area is 111 Å². The number of ketones is 1. The molecule has 0 saturated heterocycles. The number of hydrogen-bond acceptors (Lipinski definition) is 4. The highest BCUT2D eigenvalue weighted by atomic mass is 35.5. The molecular weight excluding hydrogens is 256 g/mol. The molecule has 1 rings (SSSR count). The Bertz CT molecular complexity index is 454. The molecule has 0 aliphatic carbocycles. The monoisotopic (exact) mass is 270 g/mol. The predicted octanol–water partition coefficient (Wildman–Crippen LogP) is 2.68. The summed E-state index contributed by atoms with van der Waals surface area (Å²) in [6.45, 7) is 3.59. The number of rotatable bonds is 5. The van der Waals surface area contributed by atoms with Crippen molar-refractivity contribution in [3.8, 4) is 5.75 Å². The lowest BCUT2D eigenvalue weighted by Crippen LogP contribution is -2.12. The molecule has 5 heteroatoms. The second-order valence-corrected chi connectivity index (χ2v) is 4.27. The number of halogens is 1. The lowest BCUT2D eigenvalue weighted by molar-refractivity contribution is 0.0522. The Hall–Kier alpha value is -1.55. The van der Waals surface area contributed by atoms with Crippen LogP contribution in [0.3, 0.4) is 0 Å². The third-order valence-corrected chi connectivity index (χ3v) is 2.54. The molecule has 18 heavy (non-hydrogen) atoms. The number of carbonyl (C=O) groups is 2. The van der Waals surface area contributed by atoms with E-state index in [0.29, 0.717) is 11.3 Å². The van der Waals surface area contributed by atoms with E-state index in [0.717, 1.165) is 0 Å². The highest BCUT2D eigenvalue weighted by Gasteiger charge is 2.18. The minimum atomic E-state index is -0.622. The molecule has 0 aliphatic rings. The Morgan fingerprint density at radius 3 is 2.56 bits per heavy atom. The summed E-state index contributed by atoms with van der Waals surface area (Å²) in [7, 11) is 1.43. The van der Waals surface area contributed by atoms with E-state index in [9.17, 15) is 9.59 Å². The van der Waals surface area contributed by atoms with Gasteiger partial charge in [-0.1, -0.05) is 6.07 Å². The average Bonchev–Trinajstić information content (AvgIpc) is 2.37. The number of esters is 1. The van der Waals surface area contributed by atoms with Crippen LogP contribution in [0.2, 0.25) is 0 Å². The van der Waals surface area contributed by atoms with E-state index in [-0.39, 0.29) is 18.0 Å². The van der Waals surface area contributed by atoms with Gasteiger partial charge >= 0.3 is 5.97 Å². The lowest BCUT2D eigenvalue weighted by Gasteiger charge is -2.10. The third kappa shape index (κ3) is 3.23. The van der Waals surface area contributed by atoms with E-state index in [1.165, 1.54) is 25.3 Å². The highest BCUT2D eigenvalue weighted by molar-refractivity contribution is 6.33. The van der Waals surface area contributed by atoms with Gasteiger partial charge in [0.15, 0.2) is 5.78 Å². The van der Waals surface area contributed by atoms with Crippen molar-refractivity contribution in [3.63, 3.8) is 0 Å². The van der Waals surface area contributed by atoms with Crippen LogP contribution < -0.4 is 4.74 Å². The standard InChI is InChI=1S/C13H15ClO4/c1-4-18-13(16)10-6-5-9(7-11(10)17-3)12(15)8(2)14/h5-8H,4H2,1-3H3. The molecule has 0 aliphatic heterocycles. The summed E-state index contributed by atoms with van der Waals surface area (Å²) in [5, 5.41) is -0.622. The van der Waals surface area contributed by atoms with Crippen molar-refractivity contribution < 1.29 is 19.1 Å². The van der Waals surface area contributed by atoms with Gasteiger partial charge in [0.1, 0.15) is 11.3 Å².